The van der Waals surface area contributed by atoms with Crippen LogP contribution in [0.15, 0.2) is 42.5 Å². The summed E-state index contributed by atoms with van der Waals surface area (Å²) in [6.45, 7) is 3.99. The zero-order valence-electron chi connectivity index (χ0n) is 11.2. The molecule has 0 aromatic heterocycles. The zero-order chi connectivity index (χ0) is 13.8. The summed E-state index contributed by atoms with van der Waals surface area (Å²) in [4.78, 5) is 0. The number of phenolic OH excluding ortho intramolecular Hbond substituents is 1. The van der Waals surface area contributed by atoms with Crippen molar-refractivity contribution in [1.82, 2.24) is 0 Å². The van der Waals surface area contributed by atoms with E-state index in [1.807, 2.05) is 19.1 Å². The minimum Gasteiger partial charge on any atom is -0.508 e. The summed E-state index contributed by atoms with van der Waals surface area (Å²) in [5.74, 6) is -0.239. The maximum absolute atomic E-state index is 13.2. The Kier molecular flexibility index (Phi) is 4.05. The van der Waals surface area contributed by atoms with Crippen molar-refractivity contribution < 1.29 is 9.50 Å². The molecule has 2 N–H and O–H groups in total. The third-order valence-electron chi connectivity index (χ3n) is 3.17. The van der Waals surface area contributed by atoms with Gasteiger partial charge in [0.2, 0.25) is 0 Å². The van der Waals surface area contributed by atoms with Crippen molar-refractivity contribution in [3.8, 4) is 5.75 Å². The van der Waals surface area contributed by atoms with Gasteiger partial charge in [-0.15, -0.1) is 0 Å². The van der Waals surface area contributed by atoms with E-state index in [0.717, 1.165) is 12.1 Å². The zero-order valence-corrected chi connectivity index (χ0v) is 11.2. The standard InChI is InChI=1S/C16H18FNO/c1-3-12-5-4-6-14(9-12)18-11(2)15-10-13(17)7-8-16(15)19/h4-11,18-19H,3H2,1-2H3. The summed E-state index contributed by atoms with van der Waals surface area (Å²) in [7, 11) is 0. The minimum atomic E-state index is -0.344. The number of phenols is 1. The molecule has 1 unspecified atom stereocenters. The molecule has 2 nitrogen and oxygen atoms in total. The normalized spacial score (nSPS) is 12.2. The highest BCUT2D eigenvalue weighted by molar-refractivity contribution is 5.49. The number of rotatable bonds is 4. The second-order valence-corrected chi connectivity index (χ2v) is 4.62. The predicted molar refractivity (Wildman–Crippen MR) is 75.9 cm³/mol. The van der Waals surface area contributed by atoms with E-state index in [4.69, 9.17) is 0 Å². The van der Waals surface area contributed by atoms with Gasteiger partial charge in [-0.1, -0.05) is 19.1 Å². The van der Waals surface area contributed by atoms with Crippen LogP contribution < -0.4 is 5.32 Å². The van der Waals surface area contributed by atoms with Crippen molar-refractivity contribution in [2.24, 2.45) is 0 Å². The molecule has 1 atom stereocenters. The van der Waals surface area contributed by atoms with Crippen LogP contribution >= 0.6 is 0 Å². The number of anilines is 1. The first kappa shape index (κ1) is 13.4. The van der Waals surface area contributed by atoms with E-state index in [1.165, 1.54) is 23.8 Å². The van der Waals surface area contributed by atoms with Crippen LogP contribution in [0.1, 0.15) is 31.0 Å². The molecule has 0 saturated heterocycles. The van der Waals surface area contributed by atoms with E-state index in [0.29, 0.717) is 5.56 Å². The molecule has 0 saturated carbocycles. The predicted octanol–water partition coefficient (Wildman–Crippen LogP) is 4.27. The molecule has 3 heteroatoms. The van der Waals surface area contributed by atoms with Crippen LogP contribution in [0.2, 0.25) is 0 Å². The summed E-state index contributed by atoms with van der Waals surface area (Å²) in [6, 6.07) is 11.9. The van der Waals surface area contributed by atoms with Crippen molar-refractivity contribution >= 4 is 5.69 Å². The molecule has 0 aliphatic carbocycles. The summed E-state index contributed by atoms with van der Waals surface area (Å²) >= 11 is 0. The number of nitrogens with one attached hydrogen (secondary N) is 1. The van der Waals surface area contributed by atoms with Crippen LogP contribution in [-0.4, -0.2) is 5.11 Å². The molecule has 2 rings (SSSR count). The van der Waals surface area contributed by atoms with Gasteiger partial charge in [0.1, 0.15) is 11.6 Å². The van der Waals surface area contributed by atoms with Crippen molar-refractivity contribution in [3.63, 3.8) is 0 Å². The SMILES string of the molecule is CCc1cccc(NC(C)c2cc(F)ccc2O)c1. The first-order chi connectivity index (χ1) is 9.10. The first-order valence-corrected chi connectivity index (χ1v) is 6.44. The third-order valence-corrected chi connectivity index (χ3v) is 3.17. The van der Waals surface area contributed by atoms with E-state index < -0.39 is 0 Å². The van der Waals surface area contributed by atoms with Gasteiger partial charge in [0.05, 0.1) is 6.04 Å². The molecular weight excluding hydrogens is 241 g/mol. The average molecular weight is 259 g/mol. The monoisotopic (exact) mass is 259 g/mol. The Morgan fingerprint density at radius 1 is 1.21 bits per heavy atom. The van der Waals surface area contributed by atoms with Gasteiger partial charge in [0, 0.05) is 11.3 Å². The van der Waals surface area contributed by atoms with Gasteiger partial charge in [-0.2, -0.15) is 0 Å². The van der Waals surface area contributed by atoms with Gasteiger partial charge in [-0.25, -0.2) is 4.39 Å². The number of halogens is 1. The van der Waals surface area contributed by atoms with Gasteiger partial charge in [0.25, 0.3) is 0 Å². The van der Waals surface area contributed by atoms with Gasteiger partial charge in [-0.3, -0.25) is 0 Å². The third kappa shape index (κ3) is 3.25. The van der Waals surface area contributed by atoms with Gasteiger partial charge >= 0.3 is 0 Å². The first-order valence-electron chi connectivity index (χ1n) is 6.44. The number of aromatic hydroxyl groups is 1. The van der Waals surface area contributed by atoms with Crippen LogP contribution in [-0.2, 0) is 6.42 Å². The summed E-state index contributed by atoms with van der Waals surface area (Å²) in [6.07, 6.45) is 0.967. The fourth-order valence-electron chi connectivity index (χ4n) is 2.08. The smallest absolute Gasteiger partial charge is 0.123 e. The largest absolute Gasteiger partial charge is 0.508 e. The summed E-state index contributed by atoms with van der Waals surface area (Å²) < 4.78 is 13.2. The van der Waals surface area contributed by atoms with E-state index in [1.54, 1.807) is 0 Å². The Bertz CT molecular complexity index is 568. The molecular formula is C16H18FNO. The van der Waals surface area contributed by atoms with Crippen LogP contribution in [0.3, 0.4) is 0 Å². The molecule has 0 bridgehead atoms. The Morgan fingerprint density at radius 3 is 2.74 bits per heavy atom. The number of hydrogen-bond donors (Lipinski definition) is 2. The molecule has 0 aliphatic rings. The van der Waals surface area contributed by atoms with Crippen molar-refractivity contribution in [1.29, 1.82) is 0 Å². The van der Waals surface area contributed by atoms with Crippen LogP contribution in [0.25, 0.3) is 0 Å². The van der Waals surface area contributed by atoms with E-state index in [2.05, 4.69) is 24.4 Å². The fourth-order valence-corrected chi connectivity index (χ4v) is 2.08. The van der Waals surface area contributed by atoms with Crippen LogP contribution in [0.4, 0.5) is 10.1 Å². The highest BCUT2D eigenvalue weighted by atomic mass is 19.1. The highest BCUT2D eigenvalue weighted by Crippen LogP contribution is 2.27. The van der Waals surface area contributed by atoms with Gasteiger partial charge < -0.3 is 10.4 Å². The lowest BCUT2D eigenvalue weighted by atomic mass is 10.1. The molecule has 0 fully saturated rings. The Morgan fingerprint density at radius 2 is 2.00 bits per heavy atom. The Balaban J connectivity index is 2.20. The molecule has 0 aliphatic heterocycles. The molecule has 100 valence electrons. The topological polar surface area (TPSA) is 32.3 Å². The van der Waals surface area contributed by atoms with Gasteiger partial charge in [-0.05, 0) is 49.2 Å². The molecule has 2 aromatic carbocycles. The average Bonchev–Trinajstić information content (AvgIpc) is 2.41. The lowest BCUT2D eigenvalue weighted by Crippen LogP contribution is -2.07. The minimum absolute atomic E-state index is 0.105. The lowest BCUT2D eigenvalue weighted by Gasteiger charge is -2.17. The van der Waals surface area contributed by atoms with E-state index >= 15 is 0 Å². The quantitative estimate of drug-likeness (QED) is 0.859. The molecule has 0 heterocycles. The van der Waals surface area contributed by atoms with Gasteiger partial charge in [0.15, 0.2) is 0 Å². The Labute approximate surface area is 112 Å². The fraction of sp³-hybridized carbons (Fsp3) is 0.250. The second kappa shape index (κ2) is 5.74. The van der Waals surface area contributed by atoms with Crippen LogP contribution in [0, 0.1) is 5.82 Å². The Hall–Kier alpha value is -2.03. The molecule has 2 aromatic rings. The van der Waals surface area contributed by atoms with Crippen molar-refractivity contribution in [2.75, 3.05) is 5.32 Å². The van der Waals surface area contributed by atoms with Crippen molar-refractivity contribution in [2.45, 2.75) is 26.3 Å². The number of hydrogen-bond acceptors (Lipinski definition) is 2. The number of benzene rings is 2. The lowest BCUT2D eigenvalue weighted by molar-refractivity contribution is 0.462. The number of aryl methyl sites for hydroxylation is 1. The molecule has 19 heavy (non-hydrogen) atoms. The second-order valence-electron chi connectivity index (χ2n) is 4.62. The van der Waals surface area contributed by atoms with Crippen LogP contribution in [0.5, 0.6) is 5.75 Å². The highest BCUT2D eigenvalue weighted by Gasteiger charge is 2.11. The maximum Gasteiger partial charge on any atom is 0.123 e. The molecule has 0 spiro atoms. The van der Waals surface area contributed by atoms with E-state index in [9.17, 15) is 9.50 Å². The molecule has 0 amide bonds. The van der Waals surface area contributed by atoms with Crippen molar-refractivity contribution in [3.05, 3.63) is 59.4 Å². The summed E-state index contributed by atoms with van der Waals surface area (Å²) in [5.41, 5.74) is 2.76. The molecule has 0 radical (unpaired) electrons. The van der Waals surface area contributed by atoms with E-state index in [-0.39, 0.29) is 17.6 Å². The maximum atomic E-state index is 13.2. The summed E-state index contributed by atoms with van der Waals surface area (Å²) in [5, 5.41) is 13.1.